The van der Waals surface area contributed by atoms with Crippen molar-refractivity contribution in [2.24, 2.45) is 0 Å². The lowest BCUT2D eigenvalue weighted by molar-refractivity contribution is -0.174. The number of hydrogen-bond donors (Lipinski definition) is 2. The van der Waals surface area contributed by atoms with Crippen molar-refractivity contribution < 1.29 is 10.0 Å². The first kappa shape index (κ1) is 10.4. The molecule has 0 aliphatic carbocycles. The van der Waals surface area contributed by atoms with Gasteiger partial charge in [0.15, 0.2) is 0 Å². The van der Waals surface area contributed by atoms with Crippen molar-refractivity contribution in [3.63, 3.8) is 0 Å². The second-order valence-electron chi connectivity index (χ2n) is 2.85. The molecule has 1 amide bonds. The van der Waals surface area contributed by atoms with Gasteiger partial charge in [0.25, 0.3) is 0 Å². The molecule has 4 heteroatoms. The predicted molar refractivity (Wildman–Crippen MR) is 42.3 cm³/mol. The first-order valence-electron chi connectivity index (χ1n) is 3.65. The molecule has 0 spiro atoms. The number of hydrogen-bond acceptors (Lipinski definition) is 3. The number of carbonyl (C=O) groups is 1. The Hall–Kier alpha value is -0.610. The normalized spacial score (nSPS) is 11.8. The minimum absolute atomic E-state index is 0.193. The SMILES string of the molecule is CCN(O)C(C)(C)C(=O)NC. The summed E-state index contributed by atoms with van der Waals surface area (Å²) in [6.45, 7) is 5.54. The van der Waals surface area contributed by atoms with E-state index in [-0.39, 0.29) is 5.91 Å². The zero-order valence-electron chi connectivity index (χ0n) is 7.51. The summed E-state index contributed by atoms with van der Waals surface area (Å²) in [4.78, 5) is 11.1. The highest BCUT2D eigenvalue weighted by Gasteiger charge is 2.31. The fourth-order valence-electron chi connectivity index (χ4n) is 0.818. The molecule has 0 rings (SSSR count). The second kappa shape index (κ2) is 3.69. The summed E-state index contributed by atoms with van der Waals surface area (Å²) in [6.07, 6.45) is 0. The molecule has 0 aromatic rings. The topological polar surface area (TPSA) is 52.6 Å². The van der Waals surface area contributed by atoms with Crippen molar-refractivity contribution in [1.82, 2.24) is 10.4 Å². The van der Waals surface area contributed by atoms with Crippen LogP contribution in [0.5, 0.6) is 0 Å². The first-order valence-corrected chi connectivity index (χ1v) is 3.65. The van der Waals surface area contributed by atoms with Gasteiger partial charge in [-0.3, -0.25) is 4.79 Å². The molecule has 0 unspecified atom stereocenters. The maximum Gasteiger partial charge on any atom is 0.242 e. The van der Waals surface area contributed by atoms with Crippen LogP contribution in [0.25, 0.3) is 0 Å². The van der Waals surface area contributed by atoms with Gasteiger partial charge in [-0.1, -0.05) is 6.92 Å². The fraction of sp³-hybridized carbons (Fsp3) is 0.857. The molecule has 0 heterocycles. The van der Waals surface area contributed by atoms with Crippen molar-refractivity contribution in [1.29, 1.82) is 0 Å². The average molecular weight is 160 g/mol. The molecule has 0 radical (unpaired) electrons. The molecule has 0 aliphatic heterocycles. The molecule has 0 aromatic heterocycles. The van der Waals surface area contributed by atoms with Crippen LogP contribution in [-0.2, 0) is 4.79 Å². The predicted octanol–water partition coefficient (Wildman–Crippen LogP) is 0.222. The first-order chi connectivity index (χ1) is 4.96. The highest BCUT2D eigenvalue weighted by Crippen LogP contribution is 2.10. The van der Waals surface area contributed by atoms with Crippen LogP contribution in [-0.4, -0.2) is 35.3 Å². The monoisotopic (exact) mass is 160 g/mol. The number of carbonyl (C=O) groups excluding carboxylic acids is 1. The smallest absolute Gasteiger partial charge is 0.242 e. The Balaban J connectivity index is 4.31. The molecule has 0 atom stereocenters. The summed E-state index contributed by atoms with van der Waals surface area (Å²) in [5.41, 5.74) is -0.844. The summed E-state index contributed by atoms with van der Waals surface area (Å²) < 4.78 is 0. The third kappa shape index (κ3) is 2.17. The van der Waals surface area contributed by atoms with E-state index in [4.69, 9.17) is 0 Å². The van der Waals surface area contributed by atoms with Gasteiger partial charge in [-0.15, -0.1) is 0 Å². The Morgan fingerprint density at radius 1 is 1.64 bits per heavy atom. The maximum atomic E-state index is 11.1. The number of amides is 1. The van der Waals surface area contributed by atoms with Crippen molar-refractivity contribution in [3.8, 4) is 0 Å². The van der Waals surface area contributed by atoms with Gasteiger partial charge in [-0.25, -0.2) is 0 Å². The molecule has 0 bridgehead atoms. The van der Waals surface area contributed by atoms with Gasteiger partial charge in [-0.2, -0.15) is 5.06 Å². The highest BCUT2D eigenvalue weighted by molar-refractivity contribution is 5.84. The molecular weight excluding hydrogens is 144 g/mol. The van der Waals surface area contributed by atoms with Gasteiger partial charge in [0, 0.05) is 13.6 Å². The third-order valence-electron chi connectivity index (χ3n) is 1.73. The van der Waals surface area contributed by atoms with E-state index in [2.05, 4.69) is 5.32 Å². The quantitative estimate of drug-likeness (QED) is 0.581. The van der Waals surface area contributed by atoms with Crippen molar-refractivity contribution in [2.75, 3.05) is 13.6 Å². The molecule has 0 saturated heterocycles. The summed E-state index contributed by atoms with van der Waals surface area (Å²) in [5, 5.41) is 12.7. The highest BCUT2D eigenvalue weighted by atomic mass is 16.5. The Labute approximate surface area is 67.1 Å². The van der Waals surface area contributed by atoms with Crippen LogP contribution >= 0.6 is 0 Å². The van der Waals surface area contributed by atoms with E-state index in [1.165, 1.54) is 0 Å². The summed E-state index contributed by atoms with van der Waals surface area (Å²) in [6, 6.07) is 0. The van der Waals surface area contributed by atoms with Crippen LogP contribution in [0.15, 0.2) is 0 Å². The van der Waals surface area contributed by atoms with E-state index in [0.717, 1.165) is 5.06 Å². The molecule has 2 N–H and O–H groups in total. The van der Waals surface area contributed by atoms with E-state index in [1.54, 1.807) is 27.8 Å². The van der Waals surface area contributed by atoms with Crippen LogP contribution < -0.4 is 5.32 Å². The van der Waals surface area contributed by atoms with Crippen LogP contribution in [0.1, 0.15) is 20.8 Å². The Kier molecular flexibility index (Phi) is 3.48. The largest absolute Gasteiger partial charge is 0.358 e. The Morgan fingerprint density at radius 3 is 2.36 bits per heavy atom. The summed E-state index contributed by atoms with van der Waals surface area (Å²) >= 11 is 0. The van der Waals surface area contributed by atoms with Gasteiger partial charge in [0.2, 0.25) is 5.91 Å². The molecular formula is C7H16N2O2. The zero-order chi connectivity index (χ0) is 9.07. The summed E-state index contributed by atoms with van der Waals surface area (Å²) in [7, 11) is 1.55. The molecule has 0 fully saturated rings. The molecule has 11 heavy (non-hydrogen) atoms. The number of hydroxylamine groups is 2. The van der Waals surface area contributed by atoms with Gasteiger partial charge < -0.3 is 10.5 Å². The van der Waals surface area contributed by atoms with Gasteiger partial charge in [0.1, 0.15) is 5.54 Å². The van der Waals surface area contributed by atoms with Crippen LogP contribution in [0.2, 0.25) is 0 Å². The third-order valence-corrected chi connectivity index (χ3v) is 1.73. The van der Waals surface area contributed by atoms with Crippen LogP contribution in [0.3, 0.4) is 0 Å². The van der Waals surface area contributed by atoms with Crippen molar-refractivity contribution in [2.45, 2.75) is 26.3 Å². The fourth-order valence-corrected chi connectivity index (χ4v) is 0.818. The van der Waals surface area contributed by atoms with Crippen molar-refractivity contribution in [3.05, 3.63) is 0 Å². The molecule has 0 saturated carbocycles. The summed E-state index contributed by atoms with van der Waals surface area (Å²) in [5.74, 6) is -0.193. The maximum absolute atomic E-state index is 11.1. The Bertz CT molecular complexity index is 145. The second-order valence-corrected chi connectivity index (χ2v) is 2.85. The minimum Gasteiger partial charge on any atom is -0.358 e. The Morgan fingerprint density at radius 2 is 2.09 bits per heavy atom. The standard InChI is InChI=1S/C7H16N2O2/c1-5-9(11)7(2,3)6(10)8-4/h11H,5H2,1-4H3,(H,8,10). The molecule has 0 aromatic carbocycles. The molecule has 0 aliphatic rings. The van der Waals surface area contributed by atoms with E-state index in [9.17, 15) is 10.0 Å². The van der Waals surface area contributed by atoms with Crippen LogP contribution in [0.4, 0.5) is 0 Å². The molecule has 66 valence electrons. The van der Waals surface area contributed by atoms with Gasteiger partial charge >= 0.3 is 0 Å². The number of likely N-dealkylation sites (N-methyl/N-ethyl adjacent to an activating group) is 2. The lowest BCUT2D eigenvalue weighted by Crippen LogP contribution is -2.52. The number of nitrogens with one attached hydrogen (secondary N) is 1. The lowest BCUT2D eigenvalue weighted by Gasteiger charge is -2.30. The number of rotatable bonds is 3. The van der Waals surface area contributed by atoms with E-state index < -0.39 is 5.54 Å². The molecule has 4 nitrogen and oxygen atoms in total. The van der Waals surface area contributed by atoms with Crippen molar-refractivity contribution >= 4 is 5.91 Å². The van der Waals surface area contributed by atoms with E-state index >= 15 is 0 Å². The van der Waals surface area contributed by atoms with Gasteiger partial charge in [-0.05, 0) is 13.8 Å². The minimum atomic E-state index is -0.844. The van der Waals surface area contributed by atoms with E-state index in [0.29, 0.717) is 6.54 Å². The lowest BCUT2D eigenvalue weighted by atomic mass is 10.0. The van der Waals surface area contributed by atoms with Crippen LogP contribution in [0, 0.1) is 0 Å². The zero-order valence-corrected chi connectivity index (χ0v) is 7.51. The van der Waals surface area contributed by atoms with Gasteiger partial charge in [0.05, 0.1) is 0 Å². The number of nitrogens with zero attached hydrogens (tertiary/aromatic N) is 1. The van der Waals surface area contributed by atoms with E-state index in [1.807, 2.05) is 0 Å². The average Bonchev–Trinajstić information content (AvgIpc) is 2.01.